The fourth-order valence-electron chi connectivity index (χ4n) is 2.79. The van der Waals surface area contributed by atoms with E-state index < -0.39 is 23.1 Å². The SMILES string of the molecule is CCS(=O)c1ccccc1C(=O)NC1CCC(C(F)F)CC1. The van der Waals surface area contributed by atoms with Crippen molar-refractivity contribution in [2.24, 2.45) is 5.92 Å². The van der Waals surface area contributed by atoms with E-state index in [9.17, 15) is 17.8 Å². The molecule has 0 bridgehead atoms. The van der Waals surface area contributed by atoms with Crippen LogP contribution in [-0.4, -0.2) is 28.3 Å². The zero-order valence-electron chi connectivity index (χ0n) is 12.6. The molecule has 3 nitrogen and oxygen atoms in total. The average molecular weight is 329 g/mol. The van der Waals surface area contributed by atoms with Crippen LogP contribution in [0.15, 0.2) is 29.2 Å². The minimum atomic E-state index is -2.27. The second kappa shape index (κ2) is 7.81. The summed E-state index contributed by atoms with van der Waals surface area (Å²) < 4.78 is 37.3. The number of hydrogen-bond donors (Lipinski definition) is 1. The Hall–Kier alpha value is -1.30. The van der Waals surface area contributed by atoms with Crippen LogP contribution in [0.5, 0.6) is 0 Å². The van der Waals surface area contributed by atoms with E-state index >= 15 is 0 Å². The predicted octanol–water partition coefficient (Wildman–Crippen LogP) is 3.37. The van der Waals surface area contributed by atoms with Gasteiger partial charge >= 0.3 is 0 Å². The van der Waals surface area contributed by atoms with Crippen LogP contribution in [0, 0.1) is 5.92 Å². The fourth-order valence-corrected chi connectivity index (χ4v) is 3.73. The Kier molecular flexibility index (Phi) is 6.06. The quantitative estimate of drug-likeness (QED) is 0.900. The largest absolute Gasteiger partial charge is 0.349 e. The molecular weight excluding hydrogens is 308 g/mol. The third kappa shape index (κ3) is 4.12. The van der Waals surface area contributed by atoms with E-state index in [1.165, 1.54) is 0 Å². The van der Waals surface area contributed by atoms with Crippen LogP contribution < -0.4 is 5.32 Å². The summed E-state index contributed by atoms with van der Waals surface area (Å²) in [5.74, 6) is -0.366. The molecule has 1 atom stereocenters. The molecule has 0 radical (unpaired) electrons. The van der Waals surface area contributed by atoms with E-state index in [1.807, 2.05) is 0 Å². The van der Waals surface area contributed by atoms with E-state index in [4.69, 9.17) is 0 Å². The van der Waals surface area contributed by atoms with Gasteiger partial charge < -0.3 is 5.32 Å². The first-order valence-electron chi connectivity index (χ1n) is 7.59. The van der Waals surface area contributed by atoms with Crippen molar-refractivity contribution in [2.45, 2.75) is 50.0 Å². The molecule has 22 heavy (non-hydrogen) atoms. The van der Waals surface area contributed by atoms with Crippen LogP contribution in [0.2, 0.25) is 0 Å². The fraction of sp³-hybridized carbons (Fsp3) is 0.562. The summed E-state index contributed by atoms with van der Waals surface area (Å²) in [6.45, 7) is 1.80. The Morgan fingerprint density at radius 2 is 1.91 bits per heavy atom. The highest BCUT2D eigenvalue weighted by molar-refractivity contribution is 7.85. The van der Waals surface area contributed by atoms with Gasteiger partial charge in [-0.15, -0.1) is 0 Å². The van der Waals surface area contributed by atoms with Gasteiger partial charge in [0.25, 0.3) is 5.91 Å². The molecule has 1 saturated carbocycles. The molecule has 0 spiro atoms. The summed E-state index contributed by atoms with van der Waals surface area (Å²) in [5, 5.41) is 2.90. The first-order valence-corrected chi connectivity index (χ1v) is 8.91. The van der Waals surface area contributed by atoms with Crippen LogP contribution in [0.1, 0.15) is 43.0 Å². The van der Waals surface area contributed by atoms with Crippen LogP contribution in [-0.2, 0) is 10.8 Å². The van der Waals surface area contributed by atoms with Gasteiger partial charge in [-0.25, -0.2) is 8.78 Å². The molecule has 1 N–H and O–H groups in total. The van der Waals surface area contributed by atoms with Gasteiger partial charge in [-0.1, -0.05) is 19.1 Å². The molecule has 122 valence electrons. The molecule has 1 fully saturated rings. The van der Waals surface area contributed by atoms with Crippen molar-refractivity contribution < 1.29 is 17.8 Å². The average Bonchev–Trinajstić information content (AvgIpc) is 2.54. The van der Waals surface area contributed by atoms with Crippen molar-refractivity contribution in [3.05, 3.63) is 29.8 Å². The van der Waals surface area contributed by atoms with Crippen LogP contribution >= 0.6 is 0 Å². The Labute approximate surface area is 131 Å². The number of hydrogen-bond acceptors (Lipinski definition) is 2. The van der Waals surface area contributed by atoms with Gasteiger partial charge in [-0.2, -0.15) is 0 Å². The molecule has 1 aliphatic carbocycles. The summed E-state index contributed by atoms with van der Waals surface area (Å²) in [6, 6.07) is 6.77. The lowest BCUT2D eigenvalue weighted by atomic mass is 9.86. The second-order valence-electron chi connectivity index (χ2n) is 5.55. The molecule has 1 aromatic carbocycles. The molecule has 0 heterocycles. The van der Waals surface area contributed by atoms with E-state index in [1.54, 1.807) is 31.2 Å². The zero-order chi connectivity index (χ0) is 16.1. The first kappa shape index (κ1) is 17.1. The Morgan fingerprint density at radius 3 is 2.50 bits per heavy atom. The predicted molar refractivity (Wildman–Crippen MR) is 82.6 cm³/mol. The van der Waals surface area contributed by atoms with Crippen molar-refractivity contribution >= 4 is 16.7 Å². The number of halogens is 2. The molecule has 0 aliphatic heterocycles. The van der Waals surface area contributed by atoms with Crippen molar-refractivity contribution in [1.82, 2.24) is 5.32 Å². The third-order valence-electron chi connectivity index (χ3n) is 4.10. The van der Waals surface area contributed by atoms with Gasteiger partial charge in [-0.05, 0) is 37.8 Å². The van der Waals surface area contributed by atoms with Gasteiger partial charge in [0, 0.05) is 17.7 Å². The standard InChI is InChI=1S/C16H21F2NO2S/c1-2-22(21)14-6-4-3-5-13(14)16(20)19-12-9-7-11(8-10-12)15(17)18/h3-6,11-12,15H,2,7-10H2,1H3,(H,19,20). The smallest absolute Gasteiger partial charge is 0.252 e. The minimum absolute atomic E-state index is 0.0781. The van der Waals surface area contributed by atoms with Crippen molar-refractivity contribution in [3.8, 4) is 0 Å². The molecule has 0 saturated heterocycles. The van der Waals surface area contributed by atoms with Crippen LogP contribution in [0.25, 0.3) is 0 Å². The second-order valence-corrected chi connectivity index (χ2v) is 7.26. The number of nitrogens with one attached hydrogen (secondary N) is 1. The summed E-state index contributed by atoms with van der Waals surface area (Å²) >= 11 is 0. The Morgan fingerprint density at radius 1 is 1.27 bits per heavy atom. The molecule has 1 amide bonds. The molecule has 0 aromatic heterocycles. The maximum absolute atomic E-state index is 12.6. The Bertz CT molecular complexity index is 543. The van der Waals surface area contributed by atoms with Crippen LogP contribution in [0.4, 0.5) is 8.78 Å². The van der Waals surface area contributed by atoms with E-state index in [-0.39, 0.29) is 11.9 Å². The third-order valence-corrected chi connectivity index (χ3v) is 5.47. The molecular formula is C16H21F2NO2S. The number of benzene rings is 1. The lowest BCUT2D eigenvalue weighted by molar-refractivity contribution is 0.0499. The van der Waals surface area contributed by atoms with Gasteiger partial charge in [0.15, 0.2) is 0 Å². The number of amides is 1. The van der Waals surface area contributed by atoms with E-state index in [2.05, 4.69) is 5.32 Å². The van der Waals surface area contributed by atoms with Crippen molar-refractivity contribution in [1.29, 1.82) is 0 Å². The monoisotopic (exact) mass is 329 g/mol. The number of carbonyl (C=O) groups is 1. The topological polar surface area (TPSA) is 46.2 Å². The summed E-state index contributed by atoms with van der Waals surface area (Å²) in [5.41, 5.74) is 0.415. The number of alkyl halides is 2. The van der Waals surface area contributed by atoms with Gasteiger partial charge in [0.2, 0.25) is 6.43 Å². The zero-order valence-corrected chi connectivity index (χ0v) is 13.4. The Balaban J connectivity index is 2.00. The highest BCUT2D eigenvalue weighted by Crippen LogP contribution is 2.29. The molecule has 2 rings (SSSR count). The number of carbonyl (C=O) groups excluding carboxylic acids is 1. The van der Waals surface area contributed by atoms with E-state index in [0.717, 1.165) is 0 Å². The molecule has 1 aliphatic rings. The maximum Gasteiger partial charge on any atom is 0.252 e. The molecule has 6 heteroatoms. The summed E-state index contributed by atoms with van der Waals surface area (Å²) in [6.07, 6.45) is -0.264. The first-order chi connectivity index (χ1) is 10.5. The van der Waals surface area contributed by atoms with Gasteiger partial charge in [-0.3, -0.25) is 9.00 Å². The van der Waals surface area contributed by atoms with E-state index in [0.29, 0.717) is 41.9 Å². The highest BCUT2D eigenvalue weighted by Gasteiger charge is 2.28. The van der Waals surface area contributed by atoms with Crippen molar-refractivity contribution in [2.75, 3.05) is 5.75 Å². The number of rotatable bonds is 5. The summed E-state index contributed by atoms with van der Waals surface area (Å²) in [7, 11) is -1.20. The highest BCUT2D eigenvalue weighted by atomic mass is 32.2. The summed E-state index contributed by atoms with van der Waals surface area (Å²) in [4.78, 5) is 12.9. The maximum atomic E-state index is 12.6. The molecule has 1 aromatic rings. The molecule has 1 unspecified atom stereocenters. The van der Waals surface area contributed by atoms with Crippen LogP contribution in [0.3, 0.4) is 0 Å². The lowest BCUT2D eigenvalue weighted by Crippen LogP contribution is -2.38. The van der Waals surface area contributed by atoms with Gasteiger partial charge in [0.1, 0.15) is 0 Å². The normalized spacial score (nSPS) is 23.3. The van der Waals surface area contributed by atoms with Crippen molar-refractivity contribution in [3.63, 3.8) is 0 Å². The van der Waals surface area contributed by atoms with Gasteiger partial charge in [0.05, 0.1) is 21.3 Å². The lowest BCUT2D eigenvalue weighted by Gasteiger charge is -2.28. The minimum Gasteiger partial charge on any atom is -0.349 e.